The van der Waals surface area contributed by atoms with Gasteiger partial charge in [0.2, 0.25) is 0 Å². The van der Waals surface area contributed by atoms with Crippen LogP contribution >= 0.6 is 15.9 Å². The average Bonchev–Trinajstić information content (AvgIpc) is 2.46. The van der Waals surface area contributed by atoms with E-state index in [1.54, 1.807) is 11.9 Å². The fraction of sp³-hybridized carbons (Fsp3) is 0.278. The van der Waals surface area contributed by atoms with Crippen molar-refractivity contribution in [3.05, 3.63) is 58.6 Å². The maximum atomic E-state index is 12.3. The van der Waals surface area contributed by atoms with E-state index >= 15 is 0 Å². The maximum absolute atomic E-state index is 12.3. The number of rotatable bonds is 2. The standard InChI is InChI=1S/C18H21BrN2O/c1-18(2,3)13-9-11-14(12-10-13)20-17(22)21(4)16-8-6-5-7-15(16)19/h5-12H,1-4H3,(H,20,22). The molecule has 1 N–H and O–H groups in total. The highest BCUT2D eigenvalue weighted by Gasteiger charge is 2.15. The number of carbonyl (C=O) groups excluding carboxylic acids is 1. The van der Waals surface area contributed by atoms with Gasteiger partial charge in [-0.15, -0.1) is 0 Å². The summed E-state index contributed by atoms with van der Waals surface area (Å²) >= 11 is 3.46. The van der Waals surface area contributed by atoms with Gasteiger partial charge in [-0.2, -0.15) is 0 Å². The van der Waals surface area contributed by atoms with Crippen molar-refractivity contribution in [3.63, 3.8) is 0 Å². The highest BCUT2D eigenvalue weighted by Crippen LogP contribution is 2.26. The van der Waals surface area contributed by atoms with Crippen LogP contribution in [0.4, 0.5) is 16.2 Å². The van der Waals surface area contributed by atoms with E-state index in [-0.39, 0.29) is 11.4 Å². The summed E-state index contributed by atoms with van der Waals surface area (Å²) in [7, 11) is 1.75. The molecule has 116 valence electrons. The smallest absolute Gasteiger partial charge is 0.308 e. The van der Waals surface area contributed by atoms with Crippen LogP contribution in [-0.2, 0) is 5.41 Å². The molecule has 2 aromatic carbocycles. The molecule has 4 heteroatoms. The van der Waals surface area contributed by atoms with Crippen molar-refractivity contribution in [2.75, 3.05) is 17.3 Å². The van der Waals surface area contributed by atoms with Gasteiger partial charge in [-0.05, 0) is 51.2 Å². The number of halogens is 1. The van der Waals surface area contributed by atoms with Crippen LogP contribution in [0.15, 0.2) is 53.0 Å². The van der Waals surface area contributed by atoms with Crippen LogP contribution in [0.25, 0.3) is 0 Å². The van der Waals surface area contributed by atoms with Crippen molar-refractivity contribution < 1.29 is 4.79 Å². The predicted molar refractivity (Wildman–Crippen MR) is 96.7 cm³/mol. The van der Waals surface area contributed by atoms with Crippen molar-refractivity contribution in [1.82, 2.24) is 0 Å². The van der Waals surface area contributed by atoms with Crippen LogP contribution in [0.2, 0.25) is 0 Å². The zero-order valence-electron chi connectivity index (χ0n) is 13.4. The fourth-order valence-corrected chi connectivity index (χ4v) is 2.64. The number of carbonyl (C=O) groups is 1. The lowest BCUT2D eigenvalue weighted by Gasteiger charge is -2.21. The Morgan fingerprint density at radius 2 is 1.64 bits per heavy atom. The van der Waals surface area contributed by atoms with Crippen LogP contribution in [0.5, 0.6) is 0 Å². The summed E-state index contributed by atoms with van der Waals surface area (Å²) in [4.78, 5) is 13.9. The molecule has 0 atom stereocenters. The summed E-state index contributed by atoms with van der Waals surface area (Å²) in [6.07, 6.45) is 0. The molecule has 2 amide bonds. The first kappa shape index (κ1) is 16.6. The molecule has 0 aliphatic heterocycles. The van der Waals surface area contributed by atoms with Gasteiger partial charge in [0.1, 0.15) is 0 Å². The van der Waals surface area contributed by atoms with Crippen LogP contribution in [0.1, 0.15) is 26.3 Å². The summed E-state index contributed by atoms with van der Waals surface area (Å²) in [6.45, 7) is 6.50. The van der Waals surface area contributed by atoms with Crippen molar-refractivity contribution in [2.24, 2.45) is 0 Å². The molecular formula is C18H21BrN2O. The van der Waals surface area contributed by atoms with Gasteiger partial charge in [-0.3, -0.25) is 4.90 Å². The topological polar surface area (TPSA) is 32.3 Å². The van der Waals surface area contributed by atoms with Gasteiger partial charge in [0.05, 0.1) is 5.69 Å². The van der Waals surface area contributed by atoms with E-state index in [4.69, 9.17) is 0 Å². The Bertz CT molecular complexity index is 660. The minimum absolute atomic E-state index is 0.105. The van der Waals surface area contributed by atoms with Crippen molar-refractivity contribution >= 4 is 33.3 Å². The molecule has 2 rings (SSSR count). The number of benzene rings is 2. The van der Waals surface area contributed by atoms with E-state index in [1.165, 1.54) is 5.56 Å². The van der Waals surface area contributed by atoms with E-state index in [0.717, 1.165) is 15.8 Å². The van der Waals surface area contributed by atoms with E-state index in [9.17, 15) is 4.79 Å². The molecule has 0 radical (unpaired) electrons. The first-order chi connectivity index (χ1) is 10.3. The van der Waals surface area contributed by atoms with Gasteiger partial charge >= 0.3 is 6.03 Å². The minimum Gasteiger partial charge on any atom is -0.308 e. The summed E-state index contributed by atoms with van der Waals surface area (Å²) in [5.74, 6) is 0. The first-order valence-corrected chi connectivity index (χ1v) is 7.98. The number of para-hydroxylation sites is 1. The monoisotopic (exact) mass is 360 g/mol. The maximum Gasteiger partial charge on any atom is 0.326 e. The number of nitrogens with zero attached hydrogens (tertiary/aromatic N) is 1. The molecule has 0 saturated carbocycles. The second-order valence-electron chi connectivity index (χ2n) is 6.27. The van der Waals surface area contributed by atoms with Gasteiger partial charge < -0.3 is 5.32 Å². The molecule has 22 heavy (non-hydrogen) atoms. The normalized spacial score (nSPS) is 11.1. The van der Waals surface area contributed by atoms with Crippen LogP contribution in [0.3, 0.4) is 0 Å². The molecule has 0 heterocycles. The number of amides is 2. The zero-order chi connectivity index (χ0) is 16.3. The third-order valence-corrected chi connectivity index (χ3v) is 4.19. The molecule has 0 fully saturated rings. The van der Waals surface area contributed by atoms with Crippen molar-refractivity contribution in [3.8, 4) is 0 Å². The molecule has 2 aromatic rings. The Balaban J connectivity index is 2.10. The molecule has 0 aliphatic rings. The number of hydrogen-bond acceptors (Lipinski definition) is 1. The lowest BCUT2D eigenvalue weighted by Crippen LogP contribution is -2.31. The Morgan fingerprint density at radius 1 is 1.05 bits per heavy atom. The SMILES string of the molecule is CN(C(=O)Nc1ccc(C(C)(C)C)cc1)c1ccccc1Br. The summed E-state index contributed by atoms with van der Waals surface area (Å²) in [5.41, 5.74) is 2.96. The van der Waals surface area contributed by atoms with Gasteiger partial charge in [0.25, 0.3) is 0 Å². The predicted octanol–water partition coefficient (Wildman–Crippen LogP) is 5.41. The molecule has 0 saturated heterocycles. The number of anilines is 2. The van der Waals surface area contributed by atoms with E-state index in [1.807, 2.05) is 48.5 Å². The molecule has 0 aromatic heterocycles. The lowest BCUT2D eigenvalue weighted by atomic mass is 9.87. The van der Waals surface area contributed by atoms with Gasteiger partial charge in [-0.1, -0.05) is 45.0 Å². The van der Waals surface area contributed by atoms with Crippen molar-refractivity contribution in [1.29, 1.82) is 0 Å². The van der Waals surface area contributed by atoms with Crippen LogP contribution in [-0.4, -0.2) is 13.1 Å². The van der Waals surface area contributed by atoms with Gasteiger partial charge in [-0.25, -0.2) is 4.79 Å². The van der Waals surface area contributed by atoms with Gasteiger partial charge in [0.15, 0.2) is 0 Å². The third-order valence-electron chi connectivity index (χ3n) is 3.52. The second kappa shape index (κ2) is 6.53. The molecule has 0 aliphatic carbocycles. The molecular weight excluding hydrogens is 340 g/mol. The van der Waals surface area contributed by atoms with Crippen molar-refractivity contribution in [2.45, 2.75) is 26.2 Å². The Labute approximate surface area is 140 Å². The highest BCUT2D eigenvalue weighted by molar-refractivity contribution is 9.10. The average molecular weight is 361 g/mol. The fourth-order valence-electron chi connectivity index (χ4n) is 2.09. The van der Waals surface area contributed by atoms with Crippen LogP contribution in [0, 0.1) is 0 Å². The van der Waals surface area contributed by atoms with E-state index < -0.39 is 0 Å². The summed E-state index contributed by atoms with van der Waals surface area (Å²) in [5, 5.41) is 2.91. The lowest BCUT2D eigenvalue weighted by molar-refractivity contribution is 0.258. The minimum atomic E-state index is -0.171. The van der Waals surface area contributed by atoms with E-state index in [2.05, 4.69) is 42.0 Å². The van der Waals surface area contributed by atoms with Gasteiger partial charge in [0, 0.05) is 17.2 Å². The summed E-state index contributed by atoms with van der Waals surface area (Å²) < 4.78 is 0.885. The Hall–Kier alpha value is -1.81. The van der Waals surface area contributed by atoms with Crippen LogP contribution < -0.4 is 10.2 Å². The van der Waals surface area contributed by atoms with E-state index in [0.29, 0.717) is 0 Å². The summed E-state index contributed by atoms with van der Waals surface area (Å²) in [6, 6.07) is 15.4. The molecule has 0 unspecified atom stereocenters. The Morgan fingerprint density at radius 3 is 2.18 bits per heavy atom. The Kier molecular flexibility index (Phi) is 4.91. The second-order valence-corrected chi connectivity index (χ2v) is 7.12. The first-order valence-electron chi connectivity index (χ1n) is 7.19. The zero-order valence-corrected chi connectivity index (χ0v) is 14.9. The number of urea groups is 1. The number of hydrogen-bond donors (Lipinski definition) is 1. The largest absolute Gasteiger partial charge is 0.326 e. The third kappa shape index (κ3) is 3.89. The molecule has 0 bridgehead atoms. The molecule has 0 spiro atoms. The molecule has 3 nitrogen and oxygen atoms in total. The highest BCUT2D eigenvalue weighted by atomic mass is 79.9. The number of nitrogens with one attached hydrogen (secondary N) is 1. The quantitative estimate of drug-likeness (QED) is 0.762.